The lowest BCUT2D eigenvalue weighted by Crippen LogP contribution is -2.45. The second kappa shape index (κ2) is 5.06. The fourth-order valence-electron chi connectivity index (χ4n) is 1.09. The number of nitrogens with two attached hydrogens (primary N) is 2. The van der Waals surface area contributed by atoms with Gasteiger partial charge in [0.1, 0.15) is 0 Å². The van der Waals surface area contributed by atoms with E-state index < -0.39 is 10.2 Å². The lowest BCUT2D eigenvalue weighted by atomic mass is 9.94. The second-order valence-corrected chi connectivity index (χ2v) is 5.79. The molecule has 14 heavy (non-hydrogen) atoms. The zero-order valence-corrected chi connectivity index (χ0v) is 9.97. The number of nitrogens with zero attached hydrogens (tertiary/aromatic N) is 1. The van der Waals surface area contributed by atoms with Crippen LogP contribution in [0.4, 0.5) is 0 Å². The molecule has 0 fully saturated rings. The van der Waals surface area contributed by atoms with Crippen LogP contribution in [0.25, 0.3) is 0 Å². The third kappa shape index (κ3) is 4.90. The van der Waals surface area contributed by atoms with Gasteiger partial charge in [-0.2, -0.15) is 12.7 Å². The van der Waals surface area contributed by atoms with Crippen LogP contribution >= 0.6 is 0 Å². The van der Waals surface area contributed by atoms with Crippen molar-refractivity contribution in [2.24, 2.45) is 16.3 Å². The van der Waals surface area contributed by atoms with Gasteiger partial charge < -0.3 is 5.73 Å². The van der Waals surface area contributed by atoms with Gasteiger partial charge in [-0.15, -0.1) is 0 Å². The molecule has 0 unspecified atom stereocenters. The molecule has 0 rings (SSSR count). The Hall–Kier alpha value is -0.170. The highest BCUT2D eigenvalue weighted by atomic mass is 32.2. The SMILES string of the molecule is CCCN(CC(C)(C)CN)S(N)(=O)=O. The van der Waals surface area contributed by atoms with E-state index in [0.717, 1.165) is 6.42 Å². The molecule has 0 spiro atoms. The Kier molecular flexibility index (Phi) is 5.00. The molecule has 0 aliphatic rings. The fourth-order valence-corrected chi connectivity index (χ4v) is 2.05. The Bertz CT molecular complexity index is 262. The average molecular weight is 223 g/mol. The first-order valence-corrected chi connectivity index (χ1v) is 6.21. The second-order valence-electron chi connectivity index (χ2n) is 4.25. The van der Waals surface area contributed by atoms with E-state index in [4.69, 9.17) is 10.9 Å². The van der Waals surface area contributed by atoms with Crippen LogP contribution in [0.1, 0.15) is 27.2 Å². The van der Waals surface area contributed by atoms with Crippen molar-refractivity contribution in [3.63, 3.8) is 0 Å². The van der Waals surface area contributed by atoms with Crippen molar-refractivity contribution in [2.75, 3.05) is 19.6 Å². The summed E-state index contributed by atoms with van der Waals surface area (Å²) in [6.07, 6.45) is 0.747. The molecule has 0 radical (unpaired) electrons. The van der Waals surface area contributed by atoms with Gasteiger partial charge in [-0.25, -0.2) is 5.14 Å². The highest BCUT2D eigenvalue weighted by Crippen LogP contribution is 2.16. The molecular weight excluding hydrogens is 202 g/mol. The van der Waals surface area contributed by atoms with Crippen LogP contribution in [0.2, 0.25) is 0 Å². The molecular formula is C8H21N3O2S. The van der Waals surface area contributed by atoms with E-state index in [1.807, 2.05) is 20.8 Å². The Labute approximate surface area is 86.6 Å². The molecule has 0 atom stereocenters. The van der Waals surface area contributed by atoms with Crippen molar-refractivity contribution in [2.45, 2.75) is 27.2 Å². The summed E-state index contributed by atoms with van der Waals surface area (Å²) < 4.78 is 23.6. The average Bonchev–Trinajstić information content (AvgIpc) is 2.02. The Morgan fingerprint density at radius 3 is 2.14 bits per heavy atom. The van der Waals surface area contributed by atoms with Crippen molar-refractivity contribution >= 4 is 10.2 Å². The minimum atomic E-state index is -3.59. The summed E-state index contributed by atoms with van der Waals surface area (Å²) in [5.41, 5.74) is 5.30. The summed E-state index contributed by atoms with van der Waals surface area (Å²) in [6, 6.07) is 0. The quantitative estimate of drug-likeness (QED) is 0.658. The van der Waals surface area contributed by atoms with Crippen LogP contribution in [-0.4, -0.2) is 32.4 Å². The van der Waals surface area contributed by atoms with Crippen LogP contribution in [0, 0.1) is 5.41 Å². The van der Waals surface area contributed by atoms with E-state index in [-0.39, 0.29) is 5.41 Å². The monoisotopic (exact) mass is 223 g/mol. The molecule has 6 heteroatoms. The zero-order valence-electron chi connectivity index (χ0n) is 9.16. The summed E-state index contributed by atoms with van der Waals surface area (Å²) in [7, 11) is -3.59. The molecule has 5 nitrogen and oxygen atoms in total. The van der Waals surface area contributed by atoms with E-state index in [1.165, 1.54) is 4.31 Å². The summed E-state index contributed by atoms with van der Waals surface area (Å²) in [6.45, 7) is 7.00. The maximum atomic E-state index is 11.2. The van der Waals surface area contributed by atoms with E-state index in [9.17, 15) is 8.42 Å². The summed E-state index contributed by atoms with van der Waals surface area (Å²) in [4.78, 5) is 0. The van der Waals surface area contributed by atoms with Crippen LogP contribution < -0.4 is 10.9 Å². The summed E-state index contributed by atoms with van der Waals surface area (Å²) >= 11 is 0. The molecule has 0 aromatic rings. The number of hydrogen-bond acceptors (Lipinski definition) is 3. The van der Waals surface area contributed by atoms with Crippen molar-refractivity contribution < 1.29 is 8.42 Å². The van der Waals surface area contributed by atoms with Crippen molar-refractivity contribution in [3.8, 4) is 0 Å². The van der Waals surface area contributed by atoms with Gasteiger partial charge in [0.05, 0.1) is 0 Å². The maximum Gasteiger partial charge on any atom is 0.276 e. The highest BCUT2D eigenvalue weighted by molar-refractivity contribution is 7.86. The highest BCUT2D eigenvalue weighted by Gasteiger charge is 2.25. The molecule has 0 aromatic carbocycles. The molecule has 0 bridgehead atoms. The Morgan fingerprint density at radius 2 is 1.86 bits per heavy atom. The molecule has 0 heterocycles. The van der Waals surface area contributed by atoms with Gasteiger partial charge in [0.15, 0.2) is 0 Å². The van der Waals surface area contributed by atoms with E-state index >= 15 is 0 Å². The van der Waals surface area contributed by atoms with Crippen LogP contribution in [-0.2, 0) is 10.2 Å². The van der Waals surface area contributed by atoms with Crippen molar-refractivity contribution in [1.82, 2.24) is 4.31 Å². The van der Waals surface area contributed by atoms with E-state index in [0.29, 0.717) is 19.6 Å². The van der Waals surface area contributed by atoms with Crippen molar-refractivity contribution in [1.29, 1.82) is 0 Å². The van der Waals surface area contributed by atoms with Gasteiger partial charge >= 0.3 is 0 Å². The molecule has 0 saturated heterocycles. The largest absolute Gasteiger partial charge is 0.330 e. The molecule has 86 valence electrons. The van der Waals surface area contributed by atoms with E-state index in [2.05, 4.69) is 0 Å². The normalized spacial score (nSPS) is 13.6. The van der Waals surface area contributed by atoms with Gasteiger partial charge in [0.25, 0.3) is 10.2 Å². The predicted octanol–water partition coefficient (Wildman–Crippen LogP) is -0.113. The molecule has 0 saturated carbocycles. The van der Waals surface area contributed by atoms with Gasteiger partial charge in [0, 0.05) is 13.1 Å². The number of hydrogen-bond donors (Lipinski definition) is 2. The lowest BCUT2D eigenvalue weighted by Gasteiger charge is -2.29. The molecule has 0 aliphatic heterocycles. The van der Waals surface area contributed by atoms with Crippen LogP contribution in [0.5, 0.6) is 0 Å². The number of rotatable bonds is 6. The first-order chi connectivity index (χ1) is 6.23. The molecule has 0 aromatic heterocycles. The van der Waals surface area contributed by atoms with Crippen LogP contribution in [0.3, 0.4) is 0 Å². The topological polar surface area (TPSA) is 89.4 Å². The summed E-state index contributed by atoms with van der Waals surface area (Å²) in [5.74, 6) is 0. The first kappa shape index (κ1) is 13.8. The lowest BCUT2D eigenvalue weighted by molar-refractivity contribution is 0.266. The molecule has 0 aliphatic carbocycles. The van der Waals surface area contributed by atoms with Gasteiger partial charge in [-0.1, -0.05) is 20.8 Å². The van der Waals surface area contributed by atoms with Gasteiger partial charge in [-0.3, -0.25) is 0 Å². The zero-order chi connectivity index (χ0) is 11.4. The molecule has 0 amide bonds. The third-order valence-corrected chi connectivity index (χ3v) is 3.02. The predicted molar refractivity (Wildman–Crippen MR) is 57.8 cm³/mol. The fraction of sp³-hybridized carbons (Fsp3) is 1.00. The van der Waals surface area contributed by atoms with Gasteiger partial charge in [-0.05, 0) is 18.4 Å². The Balaban J connectivity index is 4.55. The minimum Gasteiger partial charge on any atom is -0.330 e. The first-order valence-electron chi connectivity index (χ1n) is 4.71. The van der Waals surface area contributed by atoms with Crippen LogP contribution in [0.15, 0.2) is 0 Å². The Morgan fingerprint density at radius 1 is 1.36 bits per heavy atom. The van der Waals surface area contributed by atoms with E-state index in [1.54, 1.807) is 0 Å². The maximum absolute atomic E-state index is 11.2. The van der Waals surface area contributed by atoms with Gasteiger partial charge in [0.2, 0.25) is 0 Å². The standard InChI is InChI=1S/C8H21N3O2S/c1-4-5-11(14(10,12)13)7-8(2,3)6-9/h4-7,9H2,1-3H3,(H2,10,12,13). The van der Waals surface area contributed by atoms with Crippen molar-refractivity contribution in [3.05, 3.63) is 0 Å². The third-order valence-electron chi connectivity index (χ3n) is 1.99. The minimum absolute atomic E-state index is 0.235. The summed E-state index contributed by atoms with van der Waals surface area (Å²) in [5, 5.41) is 5.08. The smallest absolute Gasteiger partial charge is 0.276 e. The molecule has 4 N–H and O–H groups in total.